The molecule has 2 aromatic carbocycles. The van der Waals surface area contributed by atoms with Gasteiger partial charge in [-0.1, -0.05) is 36.4 Å². The Balaban J connectivity index is 1.37. The van der Waals surface area contributed by atoms with Crippen molar-refractivity contribution in [1.29, 1.82) is 0 Å². The van der Waals surface area contributed by atoms with Crippen molar-refractivity contribution in [3.8, 4) is 5.75 Å². The minimum Gasteiger partial charge on any atom is -0.497 e. The van der Waals surface area contributed by atoms with E-state index in [0.717, 1.165) is 41.7 Å². The minimum atomic E-state index is -0.526. The molecule has 1 aromatic heterocycles. The normalized spacial score (nSPS) is 26.4. The molecule has 3 fully saturated rings. The van der Waals surface area contributed by atoms with Crippen molar-refractivity contribution in [3.05, 3.63) is 77.5 Å². The van der Waals surface area contributed by atoms with Crippen LogP contribution in [-0.2, 0) is 0 Å². The number of hydrogen-bond acceptors (Lipinski definition) is 4. The second kappa shape index (κ2) is 8.45. The number of rotatable bonds is 5. The van der Waals surface area contributed by atoms with Crippen LogP contribution in [0.2, 0.25) is 0 Å². The molecule has 0 amide bonds. The molecule has 1 N–H and O–H groups in total. The lowest BCUT2D eigenvalue weighted by Gasteiger charge is -2.50. The van der Waals surface area contributed by atoms with E-state index in [9.17, 15) is 5.11 Å². The van der Waals surface area contributed by atoms with Crippen molar-refractivity contribution >= 4 is 17.0 Å². The molecule has 4 heterocycles. The maximum atomic E-state index is 11.4. The zero-order chi connectivity index (χ0) is 21.4. The standard InChI is InChI=1S/C27H30N2O2/c1-18-5-3-4-6-19(18)7-8-21-17-29-14-12-20(21)15-26(29)27(30)23-11-13-28-25-10-9-22(31-2)16-24(23)25/h3-11,13,16,20-21,26-27,30H,12,14-15,17H2,1-2H3/b8-7+/t20-,21+,26-,27-/m1/s1. The SMILES string of the molecule is COc1ccc2nccc([C@@H](O)[C@H]3C[C@H]4CCN3C[C@@H]4/C=C/c3ccccc3C)c2c1. The predicted octanol–water partition coefficient (Wildman–Crippen LogP) is 5.01. The molecule has 2 bridgehead atoms. The second-order valence-electron chi connectivity index (χ2n) is 8.95. The van der Waals surface area contributed by atoms with E-state index in [4.69, 9.17) is 4.74 Å². The molecule has 0 aliphatic carbocycles. The van der Waals surface area contributed by atoms with Gasteiger partial charge >= 0.3 is 0 Å². The van der Waals surface area contributed by atoms with Gasteiger partial charge in [-0.25, -0.2) is 0 Å². The molecule has 0 radical (unpaired) electrons. The number of ether oxygens (including phenoxy) is 1. The Kier molecular flexibility index (Phi) is 5.51. The third-order valence-electron chi connectivity index (χ3n) is 7.23. The first-order chi connectivity index (χ1) is 15.1. The Labute approximate surface area is 184 Å². The summed E-state index contributed by atoms with van der Waals surface area (Å²) in [4.78, 5) is 6.97. The number of aromatic nitrogens is 1. The summed E-state index contributed by atoms with van der Waals surface area (Å²) in [5.41, 5.74) is 4.46. The summed E-state index contributed by atoms with van der Waals surface area (Å²) in [5, 5.41) is 12.4. The van der Waals surface area contributed by atoms with E-state index >= 15 is 0 Å². The molecule has 3 aliphatic heterocycles. The Bertz CT molecular complexity index is 1110. The van der Waals surface area contributed by atoms with Crippen LogP contribution >= 0.6 is 0 Å². The number of aryl methyl sites for hydroxylation is 1. The van der Waals surface area contributed by atoms with Crippen LogP contribution in [0.5, 0.6) is 5.75 Å². The average molecular weight is 415 g/mol. The van der Waals surface area contributed by atoms with Crippen LogP contribution < -0.4 is 4.74 Å². The summed E-state index contributed by atoms with van der Waals surface area (Å²) < 4.78 is 5.41. The predicted molar refractivity (Wildman–Crippen MR) is 125 cm³/mol. The largest absolute Gasteiger partial charge is 0.497 e. The van der Waals surface area contributed by atoms with Crippen LogP contribution in [0.15, 0.2) is 60.8 Å². The Morgan fingerprint density at radius 3 is 2.84 bits per heavy atom. The molecule has 4 nitrogen and oxygen atoms in total. The lowest BCUT2D eigenvalue weighted by atomic mass is 9.73. The number of methoxy groups -OCH3 is 1. The fourth-order valence-corrected chi connectivity index (χ4v) is 5.40. The van der Waals surface area contributed by atoms with E-state index in [1.54, 1.807) is 13.3 Å². The zero-order valence-electron chi connectivity index (χ0n) is 18.2. The molecule has 0 spiro atoms. The fraction of sp³-hybridized carbons (Fsp3) is 0.370. The number of aliphatic hydroxyl groups is 1. The summed E-state index contributed by atoms with van der Waals surface area (Å²) in [5.74, 6) is 1.96. The van der Waals surface area contributed by atoms with Gasteiger partial charge in [0.2, 0.25) is 0 Å². The average Bonchev–Trinajstić information content (AvgIpc) is 2.82. The molecule has 160 valence electrons. The Morgan fingerprint density at radius 2 is 2.06 bits per heavy atom. The first kappa shape index (κ1) is 20.2. The molecule has 3 aromatic rings. The van der Waals surface area contributed by atoms with E-state index in [1.165, 1.54) is 17.5 Å². The van der Waals surface area contributed by atoms with Gasteiger partial charge in [0.1, 0.15) is 5.75 Å². The van der Waals surface area contributed by atoms with Crippen molar-refractivity contribution < 1.29 is 9.84 Å². The molecule has 1 unspecified atom stereocenters. The summed E-state index contributed by atoms with van der Waals surface area (Å²) in [6.07, 6.45) is 8.19. The highest BCUT2D eigenvalue weighted by Gasteiger charge is 2.42. The van der Waals surface area contributed by atoms with Gasteiger partial charge in [0.15, 0.2) is 0 Å². The van der Waals surface area contributed by atoms with Crippen LogP contribution in [0.3, 0.4) is 0 Å². The molecule has 31 heavy (non-hydrogen) atoms. The van der Waals surface area contributed by atoms with Crippen LogP contribution in [0.4, 0.5) is 0 Å². The zero-order valence-corrected chi connectivity index (χ0v) is 18.2. The molecule has 3 saturated heterocycles. The van der Waals surface area contributed by atoms with Crippen molar-refractivity contribution in [2.45, 2.75) is 31.9 Å². The van der Waals surface area contributed by atoms with Gasteiger partial charge in [0, 0.05) is 24.2 Å². The van der Waals surface area contributed by atoms with Crippen LogP contribution in [0.25, 0.3) is 17.0 Å². The minimum absolute atomic E-state index is 0.152. The monoisotopic (exact) mass is 414 g/mol. The van der Waals surface area contributed by atoms with E-state index in [2.05, 4.69) is 53.2 Å². The summed E-state index contributed by atoms with van der Waals surface area (Å²) in [6.45, 7) is 4.24. The van der Waals surface area contributed by atoms with Gasteiger partial charge in [-0.2, -0.15) is 0 Å². The van der Waals surface area contributed by atoms with E-state index in [0.29, 0.717) is 11.8 Å². The molecular formula is C27H30N2O2. The number of piperidine rings is 3. The van der Waals surface area contributed by atoms with E-state index < -0.39 is 6.10 Å². The number of hydrogen-bond donors (Lipinski definition) is 1. The first-order valence-corrected chi connectivity index (χ1v) is 11.2. The van der Waals surface area contributed by atoms with Crippen molar-refractivity contribution in [3.63, 3.8) is 0 Å². The fourth-order valence-electron chi connectivity index (χ4n) is 5.40. The maximum Gasteiger partial charge on any atom is 0.119 e. The molecular weight excluding hydrogens is 384 g/mol. The Hall–Kier alpha value is -2.69. The highest BCUT2D eigenvalue weighted by Crippen LogP contribution is 2.42. The number of benzene rings is 2. The van der Waals surface area contributed by atoms with Crippen molar-refractivity contribution in [2.24, 2.45) is 11.8 Å². The Morgan fingerprint density at radius 1 is 1.19 bits per heavy atom. The first-order valence-electron chi connectivity index (χ1n) is 11.2. The lowest BCUT2D eigenvalue weighted by molar-refractivity contribution is -0.0444. The quantitative estimate of drug-likeness (QED) is 0.638. The van der Waals surface area contributed by atoms with Crippen LogP contribution in [0, 0.1) is 18.8 Å². The highest BCUT2D eigenvalue weighted by atomic mass is 16.5. The third-order valence-corrected chi connectivity index (χ3v) is 7.23. The van der Waals surface area contributed by atoms with Crippen molar-refractivity contribution in [1.82, 2.24) is 9.88 Å². The van der Waals surface area contributed by atoms with Crippen LogP contribution in [-0.4, -0.2) is 41.2 Å². The molecule has 5 atom stereocenters. The van der Waals surface area contributed by atoms with Gasteiger partial charge in [-0.3, -0.25) is 9.88 Å². The molecule has 3 aliphatic rings. The summed E-state index contributed by atoms with van der Waals surface area (Å²) in [6, 6.07) is 16.5. The topological polar surface area (TPSA) is 45.6 Å². The van der Waals surface area contributed by atoms with E-state index in [-0.39, 0.29) is 6.04 Å². The summed E-state index contributed by atoms with van der Waals surface area (Å²) >= 11 is 0. The number of nitrogens with zero attached hydrogens (tertiary/aromatic N) is 2. The van der Waals surface area contributed by atoms with Gasteiger partial charge in [0.25, 0.3) is 0 Å². The molecule has 0 saturated carbocycles. The summed E-state index contributed by atoms with van der Waals surface area (Å²) in [7, 11) is 1.67. The third kappa shape index (κ3) is 3.86. The van der Waals surface area contributed by atoms with E-state index in [1.807, 2.05) is 24.3 Å². The highest BCUT2D eigenvalue weighted by molar-refractivity contribution is 5.84. The van der Waals surface area contributed by atoms with Crippen molar-refractivity contribution in [2.75, 3.05) is 20.2 Å². The number of aliphatic hydroxyl groups excluding tert-OH is 1. The van der Waals surface area contributed by atoms with Gasteiger partial charge in [-0.15, -0.1) is 0 Å². The number of fused-ring (bicyclic) bond motifs is 4. The second-order valence-corrected chi connectivity index (χ2v) is 8.95. The molecule has 4 heteroatoms. The van der Waals surface area contributed by atoms with Crippen LogP contribution in [0.1, 0.15) is 35.6 Å². The van der Waals surface area contributed by atoms with Gasteiger partial charge in [0.05, 0.1) is 18.7 Å². The maximum absolute atomic E-state index is 11.4. The van der Waals surface area contributed by atoms with Gasteiger partial charge < -0.3 is 9.84 Å². The lowest BCUT2D eigenvalue weighted by Crippen LogP contribution is -2.54. The number of pyridine rings is 1. The van der Waals surface area contributed by atoms with Gasteiger partial charge in [-0.05, 0) is 79.1 Å². The molecule has 6 rings (SSSR count). The smallest absolute Gasteiger partial charge is 0.119 e.